The molecule has 0 bridgehead atoms. The van der Waals surface area contributed by atoms with E-state index in [9.17, 15) is 23.2 Å². The van der Waals surface area contributed by atoms with Gasteiger partial charge in [-0.25, -0.2) is 22.7 Å². The molecule has 3 amide bonds. The van der Waals surface area contributed by atoms with Gasteiger partial charge in [0.2, 0.25) is 11.8 Å². The molecule has 4 aromatic heterocycles. The quantitative estimate of drug-likeness (QED) is 0.101. The lowest BCUT2D eigenvalue weighted by atomic mass is 9.85. The number of aromatic nitrogens is 7. The predicted molar refractivity (Wildman–Crippen MR) is 240 cm³/mol. The summed E-state index contributed by atoms with van der Waals surface area (Å²) < 4.78 is 55.0. The molecule has 2 aliphatic carbocycles. The van der Waals surface area contributed by atoms with Crippen molar-refractivity contribution < 1.29 is 32.3 Å². The molecular weight excluding hydrogens is 852 g/mol. The molecule has 3 atom stereocenters. The fourth-order valence-electron chi connectivity index (χ4n) is 10.7. The molecule has 5 aliphatic rings. The number of imide groups is 1. The van der Waals surface area contributed by atoms with Gasteiger partial charge in [-0.15, -0.1) is 0 Å². The summed E-state index contributed by atoms with van der Waals surface area (Å²) in [5.74, 6) is 7.26. The van der Waals surface area contributed by atoms with Crippen molar-refractivity contribution in [1.82, 2.24) is 44.4 Å². The van der Waals surface area contributed by atoms with Crippen LogP contribution < -0.4 is 15.5 Å². The van der Waals surface area contributed by atoms with Gasteiger partial charge in [0.05, 0.1) is 46.7 Å². The van der Waals surface area contributed by atoms with Crippen LogP contribution in [0.15, 0.2) is 42.9 Å². The monoisotopic (exact) mass is 907 g/mol. The highest BCUT2D eigenvalue weighted by Crippen LogP contribution is 2.39. The summed E-state index contributed by atoms with van der Waals surface area (Å²) in [5, 5.41) is 19.1. The maximum atomic E-state index is 15.5. The van der Waals surface area contributed by atoms with Crippen molar-refractivity contribution in [2.75, 3.05) is 49.5 Å². The van der Waals surface area contributed by atoms with Crippen molar-refractivity contribution in [3.8, 4) is 11.8 Å². The number of para-hydroxylation sites is 1. The highest BCUT2D eigenvalue weighted by molar-refractivity contribution is 6.08. The fourth-order valence-corrected chi connectivity index (χ4v) is 10.7. The topological polar surface area (TPSA) is 157 Å². The van der Waals surface area contributed by atoms with Crippen molar-refractivity contribution in [3.63, 3.8) is 0 Å². The molecule has 2 N–H and O–H groups in total. The zero-order chi connectivity index (χ0) is 45.5. The van der Waals surface area contributed by atoms with Crippen molar-refractivity contribution in [2.24, 2.45) is 24.8 Å². The zero-order valence-electron chi connectivity index (χ0n) is 37.2. The molecule has 66 heavy (non-hydrogen) atoms. The zero-order valence-corrected chi connectivity index (χ0v) is 37.2. The largest absolute Gasteiger partial charge is 0.362 e. The highest BCUT2D eigenvalue weighted by Gasteiger charge is 2.35. The Morgan fingerprint density at radius 3 is 2.52 bits per heavy atom. The molecule has 2 saturated carbocycles. The van der Waals surface area contributed by atoms with Crippen LogP contribution >= 0.6 is 0 Å². The average Bonchev–Trinajstić information content (AvgIpc) is 3.69. The second-order valence-electron chi connectivity index (χ2n) is 19.0. The number of rotatable bonds is 12. The number of carbonyl (C=O) groups is 3. The minimum atomic E-state index is -2.88. The van der Waals surface area contributed by atoms with Crippen molar-refractivity contribution >= 4 is 45.8 Å². The number of fused-ring (bicyclic) bond motifs is 2. The van der Waals surface area contributed by atoms with E-state index in [0.29, 0.717) is 36.6 Å². The van der Waals surface area contributed by atoms with E-state index in [2.05, 4.69) is 47.6 Å². The van der Waals surface area contributed by atoms with Crippen LogP contribution in [0.4, 0.5) is 24.7 Å². The lowest BCUT2D eigenvalue weighted by molar-refractivity contribution is -0.134. The summed E-state index contributed by atoms with van der Waals surface area (Å²) in [6, 6.07) is 7.43. The number of carbonyl (C=O) groups excluding carboxylic acids is 3. The Morgan fingerprint density at radius 1 is 0.970 bits per heavy atom. The average molecular weight is 908 g/mol. The minimum Gasteiger partial charge on any atom is -0.362 e. The Hall–Kier alpha value is -5.80. The molecule has 0 spiro atoms. The van der Waals surface area contributed by atoms with Crippen LogP contribution in [0, 0.1) is 29.6 Å². The van der Waals surface area contributed by atoms with E-state index in [1.54, 1.807) is 22.6 Å². The molecular formula is C48H56F3N11O4. The Balaban J connectivity index is 0.697. The van der Waals surface area contributed by atoms with Crippen LogP contribution in [0.25, 0.3) is 16.6 Å². The van der Waals surface area contributed by atoms with E-state index in [-0.39, 0.29) is 48.7 Å². The predicted octanol–water partition coefficient (Wildman–Crippen LogP) is 6.75. The van der Waals surface area contributed by atoms with Crippen LogP contribution in [-0.2, 0) is 21.4 Å². The third-order valence-corrected chi connectivity index (χ3v) is 14.4. The SMILES string of the molecule is Cn1nc(C2CCC(=O)NC2=O)c2cccc(C#CCO[C@@H]3CCN(CC4CCC(n5cc(NC(=O)c6cnn7ccc(N8CCC(CC9CC9)CC8)nc67)c(C(F)F)n5)CC4)C[C@@H]3F)c21. The number of nitrogens with one attached hydrogen (secondary N) is 2. The standard InChI is InChI=1S/C48H56F3N11O4/c1-58-44-32(4-2-6-34(44)42(56-58)35-13-14-41(63)55-47(35)64)5-3-23-66-39-17-19-59(27-37(39)49)26-31-9-11-33(12-10-31)62-28-38(43(57-62)45(50)51)53-48(65)36-25-52-61-22-18-40(54-46(36)61)60-20-15-30(16-21-60)24-29-7-8-29/h2,4,6,18,22,25,28-31,33,35,37,39,45H,7-17,19-21,23-24,26-27H2,1H3,(H,53,65)(H,55,63,64)/t31?,33?,35?,37-,39+/m0/s1. The van der Waals surface area contributed by atoms with Crippen LogP contribution in [-0.4, -0.2) is 108 Å². The molecule has 15 nitrogen and oxygen atoms in total. The third-order valence-electron chi connectivity index (χ3n) is 14.4. The number of benzene rings is 1. The van der Waals surface area contributed by atoms with Gasteiger partial charge in [-0.1, -0.05) is 36.8 Å². The highest BCUT2D eigenvalue weighted by atomic mass is 19.3. The van der Waals surface area contributed by atoms with Gasteiger partial charge >= 0.3 is 0 Å². The van der Waals surface area contributed by atoms with Gasteiger partial charge in [-0.05, 0) is 87.7 Å². The summed E-state index contributed by atoms with van der Waals surface area (Å²) in [4.78, 5) is 47.1. The van der Waals surface area contributed by atoms with Gasteiger partial charge in [-0.3, -0.25) is 34.0 Å². The number of aryl methyl sites for hydroxylation is 1. The molecule has 10 rings (SSSR count). The lowest BCUT2D eigenvalue weighted by Gasteiger charge is -2.38. The van der Waals surface area contributed by atoms with Gasteiger partial charge in [0.1, 0.15) is 24.2 Å². The second kappa shape index (κ2) is 18.8. The Bertz CT molecular complexity index is 2670. The summed E-state index contributed by atoms with van der Waals surface area (Å²) in [7, 11) is 1.80. The van der Waals surface area contributed by atoms with E-state index in [1.165, 1.54) is 36.2 Å². The number of anilines is 2. The molecule has 1 aromatic carbocycles. The van der Waals surface area contributed by atoms with Crippen LogP contribution in [0.3, 0.4) is 0 Å². The number of alkyl halides is 3. The first kappa shape index (κ1) is 44.1. The fraction of sp³-hybridized carbons (Fsp3) is 0.562. The smallest absolute Gasteiger partial charge is 0.284 e. The van der Waals surface area contributed by atoms with Crippen LogP contribution in [0.1, 0.15) is 123 Å². The normalized spacial score (nSPS) is 24.5. The number of nitrogens with zero attached hydrogens (tertiary/aromatic N) is 9. The molecule has 0 radical (unpaired) electrons. The molecule has 3 aliphatic heterocycles. The number of hydrogen-bond donors (Lipinski definition) is 2. The summed E-state index contributed by atoms with van der Waals surface area (Å²) in [6.07, 6.45) is 10.7. The second-order valence-corrected chi connectivity index (χ2v) is 19.0. The maximum absolute atomic E-state index is 15.5. The molecule has 348 valence electrons. The number of halogens is 3. The number of amides is 3. The van der Waals surface area contributed by atoms with Gasteiger partial charge < -0.3 is 15.0 Å². The van der Waals surface area contributed by atoms with Crippen molar-refractivity contribution in [3.05, 3.63) is 65.4 Å². The summed E-state index contributed by atoms with van der Waals surface area (Å²) in [5.41, 5.74) is 2.19. The van der Waals surface area contributed by atoms with Gasteiger partial charge in [0.15, 0.2) is 11.3 Å². The van der Waals surface area contributed by atoms with Crippen LogP contribution in [0.2, 0.25) is 0 Å². The Morgan fingerprint density at radius 2 is 1.76 bits per heavy atom. The molecule has 5 aromatic rings. The molecule has 5 fully saturated rings. The van der Waals surface area contributed by atoms with E-state index in [1.807, 2.05) is 24.3 Å². The van der Waals surface area contributed by atoms with Gasteiger partial charge in [0, 0.05) is 64.0 Å². The summed E-state index contributed by atoms with van der Waals surface area (Å²) in [6.45, 7) is 3.58. The number of likely N-dealkylation sites (tertiary alicyclic amines) is 1. The van der Waals surface area contributed by atoms with E-state index >= 15 is 4.39 Å². The van der Waals surface area contributed by atoms with E-state index < -0.39 is 36.2 Å². The molecule has 1 unspecified atom stereocenters. The minimum absolute atomic E-state index is 0.0261. The Kier molecular flexibility index (Phi) is 12.6. The molecule has 3 saturated heterocycles. The summed E-state index contributed by atoms with van der Waals surface area (Å²) >= 11 is 0. The molecule has 18 heteroatoms. The maximum Gasteiger partial charge on any atom is 0.284 e. The first-order valence-electron chi connectivity index (χ1n) is 23.6. The van der Waals surface area contributed by atoms with E-state index in [0.717, 1.165) is 92.3 Å². The van der Waals surface area contributed by atoms with Gasteiger partial charge in [0.25, 0.3) is 12.3 Å². The molecule has 7 heterocycles. The number of ether oxygens (including phenoxy) is 1. The van der Waals surface area contributed by atoms with Crippen molar-refractivity contribution in [1.29, 1.82) is 0 Å². The number of hydrogen-bond acceptors (Lipinski definition) is 10. The first-order chi connectivity index (χ1) is 32.0. The van der Waals surface area contributed by atoms with E-state index in [4.69, 9.17) is 9.72 Å². The first-order valence-corrected chi connectivity index (χ1v) is 23.6. The lowest BCUT2D eigenvalue weighted by Crippen LogP contribution is -2.47. The van der Waals surface area contributed by atoms with Crippen molar-refractivity contribution in [2.45, 2.75) is 108 Å². The van der Waals surface area contributed by atoms with Gasteiger partial charge in [-0.2, -0.15) is 15.3 Å². The third kappa shape index (κ3) is 9.42. The Labute approximate surface area is 380 Å². The number of piperidine rings is 3. The van der Waals surface area contributed by atoms with Crippen LogP contribution in [0.5, 0.6) is 0 Å².